The predicted octanol–water partition coefficient (Wildman–Crippen LogP) is -0.865. The number of carbonyl (C=O) groups excluding carboxylic acids is 1. The lowest BCUT2D eigenvalue weighted by Gasteiger charge is -2.03. The number of carbonyl (C=O) groups is 2. The van der Waals surface area contributed by atoms with Gasteiger partial charge in [0, 0.05) is 16.6 Å². The van der Waals surface area contributed by atoms with E-state index in [9.17, 15) is 13.8 Å². The summed E-state index contributed by atoms with van der Waals surface area (Å²) in [5.74, 6) is -1.35. The first kappa shape index (κ1) is 14.1. The Kier molecular flexibility index (Phi) is 7.84. The maximum atomic E-state index is 11.0. The summed E-state index contributed by atoms with van der Waals surface area (Å²) in [7, 11) is -1.19. The van der Waals surface area contributed by atoms with E-state index in [0.717, 1.165) is 0 Å². The Hall–Kier alpha value is -0.950. The van der Waals surface area contributed by atoms with Gasteiger partial charge in [0.2, 0.25) is 0 Å². The Balaban J connectivity index is 3.46. The summed E-state index contributed by atoms with van der Waals surface area (Å²) in [6.07, 6.45) is -0.444. The third-order valence-corrected chi connectivity index (χ3v) is 2.70. The number of hydrogen-bond acceptors (Lipinski definition) is 5. The Bertz CT molecular complexity index is 239. The summed E-state index contributed by atoms with van der Waals surface area (Å²) < 4.78 is 15.6. The zero-order valence-corrected chi connectivity index (χ0v) is 8.99. The highest BCUT2D eigenvalue weighted by Gasteiger charge is 2.07. The van der Waals surface area contributed by atoms with E-state index in [0.29, 0.717) is 0 Å². The summed E-state index contributed by atoms with van der Waals surface area (Å²) in [4.78, 5) is 20.9. The lowest BCUT2D eigenvalue weighted by molar-refractivity contribution is -0.147. The van der Waals surface area contributed by atoms with Crippen LogP contribution in [-0.4, -0.2) is 51.1 Å². The van der Waals surface area contributed by atoms with Crippen LogP contribution < -0.4 is 0 Å². The highest BCUT2D eigenvalue weighted by atomic mass is 32.2. The molecule has 0 aliphatic rings. The Morgan fingerprint density at radius 1 is 1.20 bits per heavy atom. The molecule has 0 heterocycles. The Labute approximate surface area is 89.7 Å². The average molecular weight is 238 g/mol. The molecule has 0 amide bonds. The van der Waals surface area contributed by atoms with Gasteiger partial charge < -0.3 is 14.9 Å². The molecule has 15 heavy (non-hydrogen) atoms. The molecule has 0 spiro atoms. The van der Waals surface area contributed by atoms with E-state index in [-0.39, 0.29) is 37.6 Å². The lowest BCUT2D eigenvalue weighted by atomic mass is 10.3. The molecule has 0 aromatic carbocycles. The van der Waals surface area contributed by atoms with E-state index >= 15 is 0 Å². The number of carboxylic acid groups (broad SMARTS) is 1. The van der Waals surface area contributed by atoms with E-state index in [2.05, 4.69) is 4.74 Å². The maximum absolute atomic E-state index is 11.0. The molecule has 0 aromatic heterocycles. The first-order valence-corrected chi connectivity index (χ1v) is 5.88. The third-order valence-electron chi connectivity index (χ3n) is 1.44. The van der Waals surface area contributed by atoms with Gasteiger partial charge in [-0.05, 0) is 0 Å². The quantitative estimate of drug-likeness (QED) is 0.533. The number of ether oxygens (including phenoxy) is 1. The molecule has 0 aromatic rings. The highest BCUT2D eigenvalue weighted by Crippen LogP contribution is 1.93. The minimum atomic E-state index is -1.19. The zero-order valence-electron chi connectivity index (χ0n) is 8.18. The van der Waals surface area contributed by atoms with Crippen molar-refractivity contribution in [3.05, 3.63) is 0 Å². The number of rotatable bonds is 8. The van der Waals surface area contributed by atoms with Crippen molar-refractivity contribution >= 4 is 22.7 Å². The molecular formula is C8H14O6S. The first-order valence-electron chi connectivity index (χ1n) is 4.39. The van der Waals surface area contributed by atoms with Crippen LogP contribution in [0.15, 0.2) is 0 Å². The number of aliphatic hydroxyl groups is 1. The van der Waals surface area contributed by atoms with E-state index in [1.54, 1.807) is 0 Å². The van der Waals surface area contributed by atoms with Crippen LogP contribution in [0.5, 0.6) is 0 Å². The first-order chi connectivity index (χ1) is 7.06. The molecule has 7 heteroatoms. The largest absolute Gasteiger partial charge is 0.481 e. The van der Waals surface area contributed by atoms with Crippen molar-refractivity contribution in [1.29, 1.82) is 0 Å². The van der Waals surface area contributed by atoms with Gasteiger partial charge >= 0.3 is 11.9 Å². The van der Waals surface area contributed by atoms with Gasteiger partial charge in [-0.15, -0.1) is 0 Å². The Morgan fingerprint density at radius 3 is 2.40 bits per heavy atom. The fraction of sp³-hybridized carbons (Fsp3) is 0.750. The van der Waals surface area contributed by atoms with Crippen molar-refractivity contribution in [3.8, 4) is 0 Å². The second-order valence-electron chi connectivity index (χ2n) is 2.69. The molecule has 1 atom stereocenters. The van der Waals surface area contributed by atoms with Crippen LogP contribution in [-0.2, 0) is 25.1 Å². The zero-order chi connectivity index (χ0) is 11.7. The number of aliphatic hydroxyl groups excluding tert-OH is 1. The molecule has 0 aliphatic carbocycles. The van der Waals surface area contributed by atoms with E-state index in [4.69, 9.17) is 10.2 Å². The fourth-order valence-corrected chi connectivity index (χ4v) is 1.41. The second-order valence-corrected chi connectivity index (χ2v) is 4.38. The third kappa shape index (κ3) is 9.36. The highest BCUT2D eigenvalue weighted by molar-refractivity contribution is 7.85. The van der Waals surface area contributed by atoms with E-state index in [1.165, 1.54) is 0 Å². The maximum Gasteiger partial charge on any atom is 0.306 e. The van der Waals surface area contributed by atoms with Gasteiger partial charge in [0.15, 0.2) is 0 Å². The molecule has 6 nitrogen and oxygen atoms in total. The van der Waals surface area contributed by atoms with Crippen molar-refractivity contribution in [3.63, 3.8) is 0 Å². The molecule has 0 rings (SSSR count). The molecule has 1 unspecified atom stereocenters. The molecule has 0 saturated heterocycles. The molecule has 0 fully saturated rings. The summed E-state index contributed by atoms with van der Waals surface area (Å²) in [5, 5.41) is 16.7. The molecule has 2 N–H and O–H groups in total. The fourth-order valence-electron chi connectivity index (χ4n) is 0.733. The van der Waals surface area contributed by atoms with Crippen LogP contribution in [0.4, 0.5) is 0 Å². The van der Waals surface area contributed by atoms with Crippen LogP contribution in [0.25, 0.3) is 0 Å². The van der Waals surface area contributed by atoms with Crippen LogP contribution in [0.3, 0.4) is 0 Å². The number of esters is 1. The van der Waals surface area contributed by atoms with E-state index in [1.807, 2.05) is 0 Å². The minimum Gasteiger partial charge on any atom is -0.481 e. The Morgan fingerprint density at radius 2 is 1.87 bits per heavy atom. The summed E-state index contributed by atoms with van der Waals surface area (Å²) in [6.45, 7) is -0.176. The van der Waals surface area contributed by atoms with Gasteiger partial charge in [-0.25, -0.2) is 0 Å². The summed E-state index contributed by atoms with van der Waals surface area (Å²) in [6, 6.07) is 0. The number of carboxylic acids is 1. The predicted molar refractivity (Wildman–Crippen MR) is 52.8 cm³/mol. The van der Waals surface area contributed by atoms with Crippen molar-refractivity contribution in [2.45, 2.75) is 12.8 Å². The molecule has 0 saturated carbocycles. The van der Waals surface area contributed by atoms with Gasteiger partial charge in [0.05, 0.1) is 25.2 Å². The van der Waals surface area contributed by atoms with Crippen LogP contribution in [0.1, 0.15) is 12.8 Å². The molecular weight excluding hydrogens is 224 g/mol. The van der Waals surface area contributed by atoms with Gasteiger partial charge in [0.1, 0.15) is 6.61 Å². The molecule has 0 bridgehead atoms. The minimum absolute atomic E-state index is 0.00887. The van der Waals surface area contributed by atoms with Gasteiger partial charge in [-0.1, -0.05) is 0 Å². The van der Waals surface area contributed by atoms with Crippen molar-refractivity contribution < 1.29 is 28.7 Å². The van der Waals surface area contributed by atoms with Gasteiger partial charge in [-0.3, -0.25) is 13.8 Å². The smallest absolute Gasteiger partial charge is 0.306 e. The summed E-state index contributed by atoms with van der Waals surface area (Å²) in [5.41, 5.74) is 0. The topological polar surface area (TPSA) is 101 Å². The summed E-state index contributed by atoms with van der Waals surface area (Å²) >= 11 is 0. The standard InChI is InChI=1S/C8H14O6S/c9-3-5-15(13)6-4-14-8(12)2-1-7(10)11/h9H,1-6H2,(H,10,11). The number of hydrogen-bond donors (Lipinski definition) is 2. The molecule has 88 valence electrons. The number of aliphatic carboxylic acids is 1. The van der Waals surface area contributed by atoms with Crippen molar-refractivity contribution in [1.82, 2.24) is 0 Å². The van der Waals surface area contributed by atoms with Crippen molar-refractivity contribution in [2.75, 3.05) is 24.7 Å². The van der Waals surface area contributed by atoms with Crippen LogP contribution in [0.2, 0.25) is 0 Å². The normalized spacial score (nSPS) is 12.1. The van der Waals surface area contributed by atoms with Gasteiger partial charge in [-0.2, -0.15) is 0 Å². The average Bonchev–Trinajstić information content (AvgIpc) is 2.15. The molecule has 0 aliphatic heterocycles. The van der Waals surface area contributed by atoms with E-state index < -0.39 is 22.7 Å². The monoisotopic (exact) mass is 238 g/mol. The van der Waals surface area contributed by atoms with Crippen molar-refractivity contribution in [2.24, 2.45) is 0 Å². The lowest BCUT2D eigenvalue weighted by Crippen LogP contribution is -2.15. The van der Waals surface area contributed by atoms with Crippen LogP contribution in [0, 0.1) is 0 Å². The SMILES string of the molecule is O=C(O)CCC(=O)OCCS(=O)CCO. The van der Waals surface area contributed by atoms with Crippen LogP contribution >= 0.6 is 0 Å². The molecule has 0 radical (unpaired) electrons. The second kappa shape index (κ2) is 8.37. The van der Waals surface area contributed by atoms with Gasteiger partial charge in [0.25, 0.3) is 0 Å².